The number of rotatable bonds is 9. The summed E-state index contributed by atoms with van der Waals surface area (Å²) in [5.74, 6) is -0.540. The molecule has 2 aromatic carbocycles. The molecular weight excluding hydrogens is 434 g/mol. The number of carbonyl (C=O) groups excluding carboxylic acids is 2. The fourth-order valence-corrected chi connectivity index (χ4v) is 3.77. The molecule has 0 saturated heterocycles. The van der Waals surface area contributed by atoms with E-state index in [0.29, 0.717) is 0 Å². The summed E-state index contributed by atoms with van der Waals surface area (Å²) >= 11 is 0. The molecule has 3 rings (SSSR count). The van der Waals surface area contributed by atoms with Crippen LogP contribution in [0.2, 0.25) is 0 Å². The number of nitrogens with one attached hydrogen (secondary N) is 2. The van der Waals surface area contributed by atoms with Crippen molar-refractivity contribution in [2.45, 2.75) is 37.3 Å². The minimum atomic E-state index is -3.08. The topological polar surface area (TPSA) is 105 Å². The molecule has 7 nitrogen and oxygen atoms in total. The number of aliphatic carboxylic acids is 1. The van der Waals surface area contributed by atoms with Crippen LogP contribution in [0.4, 0.5) is 13.6 Å². The van der Waals surface area contributed by atoms with Crippen LogP contribution in [0.1, 0.15) is 29.9 Å². The SMILES string of the molecule is C#CCC(NC(=O)CC(NC(=O)OCC1c2ccccc2-c2ccccc21)C(F)F)C(=O)O. The van der Waals surface area contributed by atoms with E-state index in [1.165, 1.54) is 0 Å². The maximum atomic E-state index is 13.4. The zero-order valence-corrected chi connectivity index (χ0v) is 17.5. The Balaban J connectivity index is 1.60. The monoisotopic (exact) mass is 456 g/mol. The minimum absolute atomic E-state index is 0.0781. The number of hydrogen-bond acceptors (Lipinski definition) is 4. The third-order valence-corrected chi connectivity index (χ3v) is 5.31. The quantitative estimate of drug-likeness (QED) is 0.503. The largest absolute Gasteiger partial charge is 0.480 e. The van der Waals surface area contributed by atoms with E-state index in [4.69, 9.17) is 16.3 Å². The Kier molecular flexibility index (Phi) is 7.61. The summed E-state index contributed by atoms with van der Waals surface area (Å²) < 4.78 is 32.0. The first-order chi connectivity index (χ1) is 15.8. The molecule has 0 aliphatic heterocycles. The lowest BCUT2D eigenvalue weighted by Crippen LogP contribution is -2.47. The van der Waals surface area contributed by atoms with Gasteiger partial charge < -0.3 is 20.5 Å². The highest BCUT2D eigenvalue weighted by Gasteiger charge is 2.31. The van der Waals surface area contributed by atoms with Gasteiger partial charge in [0.15, 0.2) is 0 Å². The predicted molar refractivity (Wildman–Crippen MR) is 116 cm³/mol. The maximum Gasteiger partial charge on any atom is 0.407 e. The summed E-state index contributed by atoms with van der Waals surface area (Å²) in [5, 5.41) is 13.1. The van der Waals surface area contributed by atoms with Gasteiger partial charge in [0.2, 0.25) is 5.91 Å². The van der Waals surface area contributed by atoms with Crippen LogP contribution < -0.4 is 10.6 Å². The third kappa shape index (κ3) is 5.66. The van der Waals surface area contributed by atoms with Crippen LogP contribution in [-0.4, -0.2) is 48.2 Å². The van der Waals surface area contributed by atoms with E-state index in [9.17, 15) is 23.2 Å². The van der Waals surface area contributed by atoms with Gasteiger partial charge >= 0.3 is 12.1 Å². The smallest absolute Gasteiger partial charge is 0.407 e. The van der Waals surface area contributed by atoms with E-state index in [2.05, 4.69) is 11.2 Å². The molecule has 0 spiro atoms. The molecule has 0 radical (unpaired) electrons. The van der Waals surface area contributed by atoms with E-state index >= 15 is 0 Å². The van der Waals surface area contributed by atoms with Gasteiger partial charge in [-0.3, -0.25) is 4.79 Å². The van der Waals surface area contributed by atoms with E-state index in [1.54, 1.807) is 0 Å². The van der Waals surface area contributed by atoms with Crippen LogP contribution in [-0.2, 0) is 14.3 Å². The number of halogens is 2. The fraction of sp³-hybridized carbons (Fsp3) is 0.292. The Morgan fingerprint density at radius 2 is 1.61 bits per heavy atom. The van der Waals surface area contributed by atoms with Gasteiger partial charge in [0.25, 0.3) is 6.43 Å². The molecule has 9 heteroatoms. The Labute approximate surface area is 189 Å². The first-order valence-electron chi connectivity index (χ1n) is 10.2. The number of carbonyl (C=O) groups is 3. The Bertz CT molecular complexity index is 1040. The van der Waals surface area contributed by atoms with Gasteiger partial charge in [-0.2, -0.15) is 0 Å². The van der Waals surface area contributed by atoms with E-state index in [1.807, 2.05) is 53.8 Å². The average molecular weight is 456 g/mol. The zero-order chi connectivity index (χ0) is 24.0. The molecule has 0 heterocycles. The van der Waals surface area contributed by atoms with Gasteiger partial charge in [-0.15, -0.1) is 12.3 Å². The van der Waals surface area contributed by atoms with E-state index in [-0.39, 0.29) is 18.9 Å². The summed E-state index contributed by atoms with van der Waals surface area (Å²) in [7, 11) is 0. The third-order valence-electron chi connectivity index (χ3n) is 5.31. The summed E-state index contributed by atoms with van der Waals surface area (Å²) in [6, 6.07) is 12.0. The van der Waals surface area contributed by atoms with Crippen LogP contribution >= 0.6 is 0 Å². The van der Waals surface area contributed by atoms with Crippen molar-refractivity contribution < 1.29 is 33.0 Å². The molecular formula is C24H22F2N2O5. The van der Waals surface area contributed by atoms with E-state index < -0.39 is 42.9 Å². The number of alkyl carbamates (subject to hydrolysis) is 1. The highest BCUT2D eigenvalue weighted by atomic mass is 19.3. The average Bonchev–Trinajstić information content (AvgIpc) is 3.10. The lowest BCUT2D eigenvalue weighted by Gasteiger charge is -2.20. The summed E-state index contributed by atoms with van der Waals surface area (Å²) in [4.78, 5) is 35.3. The number of hydrogen-bond donors (Lipinski definition) is 3. The number of terminal acetylenes is 1. The molecule has 172 valence electrons. The number of carboxylic acids is 1. The molecule has 3 N–H and O–H groups in total. The molecule has 0 fully saturated rings. The van der Waals surface area contributed by atoms with Crippen molar-refractivity contribution in [1.82, 2.24) is 10.6 Å². The van der Waals surface area contributed by atoms with Gasteiger partial charge in [0.05, 0.1) is 6.42 Å². The number of alkyl halides is 2. The lowest BCUT2D eigenvalue weighted by atomic mass is 9.98. The van der Waals surface area contributed by atoms with Gasteiger partial charge in [-0.25, -0.2) is 18.4 Å². The summed E-state index contributed by atoms with van der Waals surface area (Å²) in [6.07, 6.45) is -0.278. The van der Waals surface area contributed by atoms with Gasteiger partial charge in [-0.1, -0.05) is 48.5 Å². The molecule has 0 aromatic heterocycles. The van der Waals surface area contributed by atoms with E-state index in [0.717, 1.165) is 22.3 Å². The number of carboxylic acid groups (broad SMARTS) is 1. The standard InChI is InChI=1S/C24H22F2N2O5/c1-2-7-19(23(30)31)27-21(29)12-20(22(25)26)28-24(32)33-13-18-16-10-5-3-8-14(16)15-9-4-6-11-17(15)18/h1,3-6,8-11,18-20,22H,7,12-13H2,(H,27,29)(H,28,32)(H,30,31). The van der Waals surface area contributed by atoms with Crippen LogP contribution in [0.5, 0.6) is 0 Å². The van der Waals surface area contributed by atoms with Crippen LogP contribution in [0.3, 0.4) is 0 Å². The second kappa shape index (κ2) is 10.6. The van der Waals surface area contributed by atoms with Crippen molar-refractivity contribution in [3.8, 4) is 23.5 Å². The normalized spacial score (nSPS) is 13.9. The summed E-state index contributed by atoms with van der Waals surface area (Å²) in [6.45, 7) is -0.0781. The van der Waals surface area contributed by atoms with Crippen molar-refractivity contribution in [3.63, 3.8) is 0 Å². The zero-order valence-electron chi connectivity index (χ0n) is 17.5. The molecule has 0 bridgehead atoms. The Hall–Kier alpha value is -3.93. The lowest BCUT2D eigenvalue weighted by molar-refractivity contribution is -0.141. The van der Waals surface area contributed by atoms with Crippen LogP contribution in [0, 0.1) is 12.3 Å². The predicted octanol–water partition coefficient (Wildman–Crippen LogP) is 3.14. The fourth-order valence-electron chi connectivity index (χ4n) is 3.77. The molecule has 2 atom stereocenters. The van der Waals surface area contributed by atoms with Gasteiger partial charge in [0, 0.05) is 12.3 Å². The van der Waals surface area contributed by atoms with Crippen molar-refractivity contribution in [3.05, 3.63) is 59.7 Å². The van der Waals surface area contributed by atoms with Crippen LogP contribution in [0.15, 0.2) is 48.5 Å². The number of benzene rings is 2. The number of fused-ring (bicyclic) bond motifs is 3. The molecule has 2 unspecified atom stereocenters. The van der Waals surface area contributed by atoms with Gasteiger partial charge in [-0.05, 0) is 22.3 Å². The number of ether oxygens (including phenoxy) is 1. The van der Waals surface area contributed by atoms with Crippen molar-refractivity contribution in [1.29, 1.82) is 0 Å². The molecule has 1 aliphatic carbocycles. The summed E-state index contributed by atoms with van der Waals surface area (Å²) in [5.41, 5.74) is 3.96. The Morgan fingerprint density at radius 3 is 2.12 bits per heavy atom. The maximum absolute atomic E-state index is 13.4. The second-order valence-electron chi connectivity index (χ2n) is 7.48. The Morgan fingerprint density at radius 1 is 1.03 bits per heavy atom. The molecule has 1 aliphatic rings. The molecule has 33 heavy (non-hydrogen) atoms. The van der Waals surface area contributed by atoms with Gasteiger partial charge in [0.1, 0.15) is 18.7 Å². The molecule has 0 saturated carbocycles. The first kappa shape index (κ1) is 23.7. The van der Waals surface area contributed by atoms with Crippen LogP contribution in [0.25, 0.3) is 11.1 Å². The van der Waals surface area contributed by atoms with Crippen molar-refractivity contribution >= 4 is 18.0 Å². The highest BCUT2D eigenvalue weighted by molar-refractivity contribution is 5.84. The van der Waals surface area contributed by atoms with Crippen molar-refractivity contribution in [2.75, 3.05) is 6.61 Å². The molecule has 2 amide bonds. The second-order valence-corrected chi connectivity index (χ2v) is 7.48. The first-order valence-corrected chi connectivity index (χ1v) is 10.2. The highest BCUT2D eigenvalue weighted by Crippen LogP contribution is 2.44. The van der Waals surface area contributed by atoms with Crippen molar-refractivity contribution in [2.24, 2.45) is 0 Å². The number of amides is 2. The molecule has 2 aromatic rings. The minimum Gasteiger partial charge on any atom is -0.480 e.